The third-order valence-corrected chi connectivity index (χ3v) is 3.65. The number of hydrogen-bond acceptors (Lipinski definition) is 3. The summed E-state index contributed by atoms with van der Waals surface area (Å²) in [5.41, 5.74) is 3.93. The van der Waals surface area contributed by atoms with E-state index < -0.39 is 0 Å². The molecule has 3 nitrogen and oxygen atoms in total. The van der Waals surface area contributed by atoms with Gasteiger partial charge in [-0.05, 0) is 54.4 Å². The van der Waals surface area contributed by atoms with Crippen LogP contribution in [0.3, 0.4) is 0 Å². The normalized spacial score (nSPS) is 10.5. The summed E-state index contributed by atoms with van der Waals surface area (Å²) in [6.07, 6.45) is 0.892. The number of rotatable bonds is 5. The molecule has 0 bridgehead atoms. The van der Waals surface area contributed by atoms with Gasteiger partial charge < -0.3 is 4.74 Å². The van der Waals surface area contributed by atoms with Crippen LogP contribution in [0.2, 0.25) is 5.28 Å². The lowest BCUT2D eigenvalue weighted by Gasteiger charge is -2.08. The lowest BCUT2D eigenvalue weighted by atomic mass is 10.1. The molecule has 0 N–H and O–H groups in total. The first-order valence-corrected chi connectivity index (χ1v) is 7.87. The molecule has 4 heteroatoms. The van der Waals surface area contributed by atoms with Gasteiger partial charge in [-0.1, -0.05) is 30.3 Å². The average Bonchev–Trinajstić information content (AvgIpc) is 2.56. The van der Waals surface area contributed by atoms with E-state index in [0.717, 1.165) is 29.1 Å². The van der Waals surface area contributed by atoms with Crippen molar-refractivity contribution in [2.75, 3.05) is 6.61 Å². The van der Waals surface area contributed by atoms with Gasteiger partial charge in [-0.2, -0.15) is 0 Å². The van der Waals surface area contributed by atoms with Crippen LogP contribution >= 0.6 is 11.6 Å². The van der Waals surface area contributed by atoms with Crippen LogP contribution in [0, 0.1) is 6.92 Å². The van der Waals surface area contributed by atoms with Crippen molar-refractivity contribution in [3.05, 3.63) is 77.2 Å². The van der Waals surface area contributed by atoms with E-state index in [-0.39, 0.29) is 5.28 Å². The number of halogens is 1. The lowest BCUT2D eigenvalue weighted by Crippen LogP contribution is -2.01. The van der Waals surface area contributed by atoms with Gasteiger partial charge in [-0.15, -0.1) is 0 Å². The van der Waals surface area contributed by atoms with Crippen molar-refractivity contribution < 1.29 is 4.74 Å². The molecule has 3 rings (SSSR count). The van der Waals surface area contributed by atoms with E-state index in [0.29, 0.717) is 6.61 Å². The topological polar surface area (TPSA) is 35.0 Å². The number of aryl methyl sites for hydroxylation is 1. The molecule has 3 aromatic rings. The van der Waals surface area contributed by atoms with Crippen LogP contribution in [0.5, 0.6) is 5.75 Å². The molecule has 0 saturated carbocycles. The van der Waals surface area contributed by atoms with Crippen molar-refractivity contribution in [1.29, 1.82) is 0 Å². The highest BCUT2D eigenvalue weighted by Crippen LogP contribution is 2.22. The van der Waals surface area contributed by atoms with Crippen molar-refractivity contribution in [3.8, 4) is 17.0 Å². The second-order valence-corrected chi connectivity index (χ2v) is 5.61. The molecule has 2 aromatic carbocycles. The van der Waals surface area contributed by atoms with Crippen LogP contribution in [0.1, 0.15) is 11.3 Å². The quantitative estimate of drug-likeness (QED) is 0.636. The fraction of sp³-hybridized carbons (Fsp3) is 0.158. The molecule has 1 heterocycles. The summed E-state index contributed by atoms with van der Waals surface area (Å²) >= 11 is 5.91. The molecule has 0 amide bonds. The molecule has 0 aliphatic rings. The second kappa shape index (κ2) is 7.25. The van der Waals surface area contributed by atoms with Crippen molar-refractivity contribution in [1.82, 2.24) is 9.97 Å². The highest BCUT2D eigenvalue weighted by Gasteiger charge is 2.04. The maximum atomic E-state index is 5.91. The summed E-state index contributed by atoms with van der Waals surface area (Å²) in [6.45, 7) is 2.56. The van der Waals surface area contributed by atoms with Gasteiger partial charge in [-0.25, -0.2) is 9.97 Å². The van der Waals surface area contributed by atoms with Crippen molar-refractivity contribution in [3.63, 3.8) is 0 Å². The van der Waals surface area contributed by atoms with Crippen molar-refractivity contribution in [2.24, 2.45) is 0 Å². The molecule has 116 valence electrons. The van der Waals surface area contributed by atoms with Crippen LogP contribution in [0.15, 0.2) is 60.7 Å². The zero-order chi connectivity index (χ0) is 16.1. The van der Waals surface area contributed by atoms with Crippen LogP contribution in [-0.4, -0.2) is 16.6 Å². The molecule has 0 aliphatic heterocycles. The average molecular weight is 325 g/mol. The minimum atomic E-state index is 0.267. The Morgan fingerprint density at radius 2 is 1.70 bits per heavy atom. The van der Waals surface area contributed by atoms with E-state index in [1.54, 1.807) is 0 Å². The molecule has 0 spiro atoms. The molecule has 0 saturated heterocycles. The van der Waals surface area contributed by atoms with Crippen LogP contribution in [0.25, 0.3) is 11.3 Å². The lowest BCUT2D eigenvalue weighted by molar-refractivity contribution is 0.322. The Hall–Kier alpha value is -2.39. The fourth-order valence-electron chi connectivity index (χ4n) is 2.33. The molecule has 0 aliphatic carbocycles. The Morgan fingerprint density at radius 3 is 2.39 bits per heavy atom. The van der Waals surface area contributed by atoms with E-state index in [1.165, 1.54) is 5.56 Å². The van der Waals surface area contributed by atoms with Crippen molar-refractivity contribution >= 4 is 11.6 Å². The third kappa shape index (κ3) is 4.30. The van der Waals surface area contributed by atoms with E-state index in [4.69, 9.17) is 16.3 Å². The minimum absolute atomic E-state index is 0.267. The summed E-state index contributed by atoms with van der Waals surface area (Å²) in [4.78, 5) is 8.33. The Labute approximate surface area is 140 Å². The summed E-state index contributed by atoms with van der Waals surface area (Å²) in [5.74, 6) is 0.849. The molecule has 0 atom stereocenters. The first-order valence-electron chi connectivity index (χ1n) is 7.49. The summed E-state index contributed by atoms with van der Waals surface area (Å²) in [5, 5.41) is 0.267. The Balaban J connectivity index is 1.63. The van der Waals surface area contributed by atoms with Gasteiger partial charge in [-0.3, -0.25) is 0 Å². The first-order chi connectivity index (χ1) is 11.2. The Morgan fingerprint density at radius 1 is 0.957 bits per heavy atom. The van der Waals surface area contributed by atoms with Gasteiger partial charge in [0.25, 0.3) is 0 Å². The maximum Gasteiger partial charge on any atom is 0.223 e. The maximum absolute atomic E-state index is 5.91. The zero-order valence-electron chi connectivity index (χ0n) is 12.9. The SMILES string of the molecule is Cc1cc(-c2ccc(OCCc3ccccc3)cc2)nc(Cl)n1. The van der Waals surface area contributed by atoms with E-state index >= 15 is 0 Å². The highest BCUT2D eigenvalue weighted by atomic mass is 35.5. The van der Waals surface area contributed by atoms with Gasteiger partial charge in [0, 0.05) is 17.7 Å². The molecular formula is C19H17ClN2O. The van der Waals surface area contributed by atoms with Gasteiger partial charge in [0.2, 0.25) is 5.28 Å². The molecule has 0 radical (unpaired) electrons. The number of aromatic nitrogens is 2. The minimum Gasteiger partial charge on any atom is -0.493 e. The number of ether oxygens (including phenoxy) is 1. The second-order valence-electron chi connectivity index (χ2n) is 5.27. The van der Waals surface area contributed by atoms with Gasteiger partial charge in [0.05, 0.1) is 12.3 Å². The first kappa shape index (κ1) is 15.5. The predicted molar refractivity (Wildman–Crippen MR) is 92.9 cm³/mol. The van der Waals surface area contributed by atoms with E-state index in [1.807, 2.05) is 55.5 Å². The van der Waals surface area contributed by atoms with E-state index in [2.05, 4.69) is 22.1 Å². The Bertz CT molecular complexity index is 753. The summed E-state index contributed by atoms with van der Waals surface area (Å²) in [6, 6.07) is 20.1. The zero-order valence-corrected chi connectivity index (χ0v) is 13.6. The standard InChI is InChI=1S/C19H17ClN2O/c1-14-13-18(22-19(20)21-14)16-7-9-17(10-8-16)23-12-11-15-5-3-2-4-6-15/h2-10,13H,11-12H2,1H3. The summed E-state index contributed by atoms with van der Waals surface area (Å²) in [7, 11) is 0. The number of nitrogens with zero attached hydrogens (tertiary/aromatic N) is 2. The number of hydrogen-bond donors (Lipinski definition) is 0. The largest absolute Gasteiger partial charge is 0.493 e. The summed E-state index contributed by atoms with van der Waals surface area (Å²) < 4.78 is 5.79. The highest BCUT2D eigenvalue weighted by molar-refractivity contribution is 6.28. The van der Waals surface area contributed by atoms with Gasteiger partial charge >= 0.3 is 0 Å². The monoisotopic (exact) mass is 324 g/mol. The molecular weight excluding hydrogens is 308 g/mol. The fourth-order valence-corrected chi connectivity index (χ4v) is 2.56. The van der Waals surface area contributed by atoms with Crippen molar-refractivity contribution in [2.45, 2.75) is 13.3 Å². The van der Waals surface area contributed by atoms with Crippen LogP contribution < -0.4 is 4.74 Å². The van der Waals surface area contributed by atoms with Gasteiger partial charge in [0.15, 0.2) is 0 Å². The molecule has 1 aromatic heterocycles. The molecule has 23 heavy (non-hydrogen) atoms. The third-order valence-electron chi connectivity index (χ3n) is 3.48. The van der Waals surface area contributed by atoms with Gasteiger partial charge in [0.1, 0.15) is 5.75 Å². The van der Waals surface area contributed by atoms with Crippen LogP contribution in [0.4, 0.5) is 0 Å². The molecule has 0 unspecified atom stereocenters. The number of benzene rings is 2. The van der Waals surface area contributed by atoms with E-state index in [9.17, 15) is 0 Å². The predicted octanol–water partition coefficient (Wildman–Crippen LogP) is 4.73. The Kier molecular flexibility index (Phi) is 4.89. The van der Waals surface area contributed by atoms with Crippen LogP contribution in [-0.2, 0) is 6.42 Å². The smallest absolute Gasteiger partial charge is 0.223 e. The molecule has 0 fully saturated rings.